The predicted molar refractivity (Wildman–Crippen MR) is 178 cm³/mol. The van der Waals surface area contributed by atoms with Crippen LogP contribution in [0.5, 0.6) is 5.75 Å². The lowest BCUT2D eigenvalue weighted by atomic mass is 9.70. The fraction of sp³-hybridized carbons (Fsp3) is 0.474. The molecule has 1 amide bonds. The molecular weight excluding hydrogens is 560 g/mol. The number of benzene rings is 3. The molecule has 0 saturated carbocycles. The number of amides is 1. The second-order valence-electron chi connectivity index (χ2n) is 13.3. The van der Waals surface area contributed by atoms with E-state index in [1.54, 1.807) is 7.11 Å². The van der Waals surface area contributed by atoms with Crippen molar-refractivity contribution < 1.29 is 14.3 Å². The van der Waals surface area contributed by atoms with Crippen molar-refractivity contribution in [3.63, 3.8) is 0 Å². The molecule has 0 N–H and O–H groups in total. The summed E-state index contributed by atoms with van der Waals surface area (Å²) >= 11 is 0. The van der Waals surface area contributed by atoms with Crippen LogP contribution in [-0.4, -0.2) is 77.3 Å². The summed E-state index contributed by atoms with van der Waals surface area (Å²) in [6.07, 6.45) is 8.12. The number of piperidine rings is 2. The first-order valence-corrected chi connectivity index (χ1v) is 16.8. The highest BCUT2D eigenvalue weighted by atomic mass is 16.5. The van der Waals surface area contributed by atoms with Crippen molar-refractivity contribution in [1.82, 2.24) is 19.4 Å². The third kappa shape index (κ3) is 6.00. The second kappa shape index (κ2) is 13.0. The number of aryl methyl sites for hydroxylation is 1. The van der Waals surface area contributed by atoms with Gasteiger partial charge in [0.15, 0.2) is 0 Å². The second-order valence-corrected chi connectivity index (χ2v) is 13.3. The third-order valence-electron chi connectivity index (χ3n) is 10.9. The molecular formula is C38H46N4O3. The number of likely N-dealkylation sites (tertiary alicyclic amines) is 1. The summed E-state index contributed by atoms with van der Waals surface area (Å²) < 4.78 is 13.3. The minimum Gasteiger partial charge on any atom is -0.491 e. The van der Waals surface area contributed by atoms with Gasteiger partial charge in [0.1, 0.15) is 18.2 Å². The lowest BCUT2D eigenvalue weighted by molar-refractivity contribution is 0.0607. The standard InChI is InChI=1S/C38H46N4O3/c1-28-39-35-10-6-7-11-36(35)42(28)33-26-31-14-15-32(27-33)41(31)23-20-38(30-8-4-3-5-9-30)18-21-40(22-19-38)37(43)29-12-16-34(17-13-29)45-25-24-44-2/h3-13,16-17,31-33H,14-15,18-27H2,1-2H3/t31-,32+,33?. The fourth-order valence-electron chi connectivity index (χ4n) is 8.52. The van der Waals surface area contributed by atoms with Crippen LogP contribution in [0.25, 0.3) is 11.0 Å². The van der Waals surface area contributed by atoms with Crippen LogP contribution in [0.15, 0.2) is 78.9 Å². The van der Waals surface area contributed by atoms with Gasteiger partial charge in [0.05, 0.1) is 17.6 Å². The van der Waals surface area contributed by atoms with E-state index in [-0.39, 0.29) is 11.3 Å². The summed E-state index contributed by atoms with van der Waals surface area (Å²) in [5.74, 6) is 2.02. The highest BCUT2D eigenvalue weighted by molar-refractivity contribution is 5.94. The first-order valence-electron chi connectivity index (χ1n) is 16.8. The predicted octanol–water partition coefficient (Wildman–Crippen LogP) is 6.80. The highest BCUT2D eigenvalue weighted by Crippen LogP contribution is 2.45. The molecule has 3 aliphatic heterocycles. The molecule has 7 heteroatoms. The average Bonchev–Trinajstić information content (AvgIpc) is 3.54. The Balaban J connectivity index is 1.02. The Labute approximate surface area is 267 Å². The maximum atomic E-state index is 13.5. The number of methoxy groups -OCH3 is 1. The summed E-state index contributed by atoms with van der Waals surface area (Å²) in [6.45, 7) is 5.89. The van der Waals surface area contributed by atoms with Gasteiger partial charge >= 0.3 is 0 Å². The van der Waals surface area contributed by atoms with Crippen molar-refractivity contribution in [3.05, 3.63) is 95.8 Å². The van der Waals surface area contributed by atoms with E-state index >= 15 is 0 Å². The quantitative estimate of drug-likeness (QED) is 0.186. The number of para-hydroxylation sites is 2. The molecule has 236 valence electrons. The maximum absolute atomic E-state index is 13.5. The zero-order valence-corrected chi connectivity index (χ0v) is 26.7. The monoisotopic (exact) mass is 606 g/mol. The van der Waals surface area contributed by atoms with Gasteiger partial charge in [-0.25, -0.2) is 4.98 Å². The van der Waals surface area contributed by atoms with Crippen LogP contribution < -0.4 is 4.74 Å². The highest BCUT2D eigenvalue weighted by Gasteiger charge is 2.44. The molecule has 3 fully saturated rings. The van der Waals surface area contributed by atoms with E-state index in [2.05, 4.69) is 75.9 Å². The Morgan fingerprint density at radius 1 is 0.867 bits per heavy atom. The summed E-state index contributed by atoms with van der Waals surface area (Å²) in [4.78, 5) is 23.3. The van der Waals surface area contributed by atoms with Gasteiger partial charge in [0.25, 0.3) is 5.91 Å². The van der Waals surface area contributed by atoms with Crippen molar-refractivity contribution in [2.24, 2.45) is 0 Å². The van der Waals surface area contributed by atoms with Gasteiger partial charge in [0, 0.05) is 43.9 Å². The fourth-order valence-corrected chi connectivity index (χ4v) is 8.52. The van der Waals surface area contributed by atoms with Gasteiger partial charge in [-0.1, -0.05) is 42.5 Å². The van der Waals surface area contributed by atoms with Gasteiger partial charge in [0.2, 0.25) is 0 Å². The molecule has 0 radical (unpaired) electrons. The molecule has 3 saturated heterocycles. The minimum atomic E-state index is 0.0878. The van der Waals surface area contributed by atoms with Crippen LogP contribution in [0.1, 0.15) is 72.7 Å². The lowest BCUT2D eigenvalue weighted by Crippen LogP contribution is -2.49. The van der Waals surface area contributed by atoms with E-state index in [0.29, 0.717) is 31.3 Å². The largest absolute Gasteiger partial charge is 0.491 e. The molecule has 7 rings (SSSR count). The number of hydrogen-bond donors (Lipinski definition) is 0. The van der Waals surface area contributed by atoms with E-state index < -0.39 is 0 Å². The zero-order chi connectivity index (χ0) is 30.8. The van der Waals surface area contributed by atoms with Crippen LogP contribution in [-0.2, 0) is 10.2 Å². The number of rotatable bonds is 10. The molecule has 3 aliphatic rings. The SMILES string of the molecule is COCCOc1ccc(C(=O)N2CCC(CCN3[C@@H]4CC[C@H]3CC(n3c(C)nc5ccccc53)C4)(c3ccccc3)CC2)cc1. The Bertz CT molecular complexity index is 1580. The maximum Gasteiger partial charge on any atom is 0.253 e. The van der Waals surface area contributed by atoms with Crippen LogP contribution in [0.2, 0.25) is 0 Å². The zero-order valence-electron chi connectivity index (χ0n) is 26.7. The van der Waals surface area contributed by atoms with Crippen LogP contribution >= 0.6 is 0 Å². The van der Waals surface area contributed by atoms with Crippen LogP contribution in [0.3, 0.4) is 0 Å². The topological polar surface area (TPSA) is 59.8 Å². The number of carbonyl (C=O) groups is 1. The average molecular weight is 607 g/mol. The first-order chi connectivity index (χ1) is 22.0. The number of carbonyl (C=O) groups excluding carboxylic acids is 1. The Morgan fingerprint density at radius 3 is 2.27 bits per heavy atom. The summed E-state index contributed by atoms with van der Waals surface area (Å²) in [7, 11) is 1.66. The minimum absolute atomic E-state index is 0.0878. The molecule has 3 aromatic carbocycles. The molecule has 0 spiro atoms. The van der Waals surface area contributed by atoms with Crippen LogP contribution in [0, 0.1) is 6.92 Å². The number of aromatic nitrogens is 2. The molecule has 4 heterocycles. The smallest absolute Gasteiger partial charge is 0.253 e. The Kier molecular flexibility index (Phi) is 8.65. The number of ether oxygens (including phenoxy) is 2. The lowest BCUT2D eigenvalue weighted by Gasteiger charge is -2.45. The number of hydrogen-bond acceptors (Lipinski definition) is 5. The molecule has 45 heavy (non-hydrogen) atoms. The first kappa shape index (κ1) is 30.0. The van der Waals surface area contributed by atoms with Gasteiger partial charge in [-0.15, -0.1) is 0 Å². The van der Waals surface area contributed by atoms with Gasteiger partial charge in [-0.05, 0) is 106 Å². The summed E-state index contributed by atoms with van der Waals surface area (Å²) in [5.41, 5.74) is 4.64. The molecule has 1 aromatic heterocycles. The molecule has 2 bridgehead atoms. The normalized spacial score (nSPS) is 23.0. The Morgan fingerprint density at radius 2 is 1.56 bits per heavy atom. The Hall–Kier alpha value is -3.68. The summed E-state index contributed by atoms with van der Waals surface area (Å²) in [6, 6.07) is 29.0. The van der Waals surface area contributed by atoms with Crippen molar-refractivity contribution in [2.45, 2.75) is 75.4 Å². The van der Waals surface area contributed by atoms with Gasteiger partial charge in [-0.2, -0.15) is 0 Å². The molecule has 4 aromatic rings. The number of nitrogens with zero attached hydrogens (tertiary/aromatic N) is 4. The molecule has 7 nitrogen and oxygen atoms in total. The van der Waals surface area contributed by atoms with E-state index in [0.717, 1.165) is 61.6 Å². The van der Waals surface area contributed by atoms with Crippen molar-refractivity contribution in [1.29, 1.82) is 0 Å². The summed E-state index contributed by atoms with van der Waals surface area (Å²) in [5, 5.41) is 0. The van der Waals surface area contributed by atoms with Gasteiger partial charge in [-0.3, -0.25) is 9.69 Å². The number of imidazole rings is 1. The third-order valence-corrected chi connectivity index (χ3v) is 10.9. The molecule has 3 atom stereocenters. The van der Waals surface area contributed by atoms with Crippen molar-refractivity contribution in [3.8, 4) is 5.75 Å². The van der Waals surface area contributed by atoms with E-state index in [9.17, 15) is 4.79 Å². The van der Waals surface area contributed by atoms with Crippen LogP contribution in [0.4, 0.5) is 0 Å². The van der Waals surface area contributed by atoms with Gasteiger partial charge < -0.3 is 18.9 Å². The van der Waals surface area contributed by atoms with Crippen molar-refractivity contribution in [2.75, 3.05) is 40.0 Å². The molecule has 0 aliphatic carbocycles. The number of fused-ring (bicyclic) bond motifs is 3. The molecule has 1 unspecified atom stereocenters. The van der Waals surface area contributed by atoms with Crippen molar-refractivity contribution >= 4 is 16.9 Å². The van der Waals surface area contributed by atoms with E-state index in [1.807, 2.05) is 24.3 Å². The van der Waals surface area contributed by atoms with E-state index in [1.165, 1.54) is 36.8 Å². The van der Waals surface area contributed by atoms with E-state index in [4.69, 9.17) is 14.5 Å².